The number of fused-ring (bicyclic) bond motifs is 1. The maximum atomic E-state index is 15.0. The fourth-order valence-corrected chi connectivity index (χ4v) is 4.66. The number of ether oxygens (including phenoxy) is 1. The Balaban J connectivity index is 1.45. The molecule has 4 aromatic rings. The number of aryl methyl sites for hydroxylation is 2. The van der Waals surface area contributed by atoms with Gasteiger partial charge in [0.15, 0.2) is 11.5 Å². The SMILES string of the molecule is Cc1nc2nc(C3(O)CCOC(c4cnn(C5CC5)c4)C3)nc(-c3ccc(Cl)cc3F)c2nc1C. The number of benzene rings is 1. The van der Waals surface area contributed by atoms with E-state index >= 15 is 0 Å². The Morgan fingerprint density at radius 2 is 1.94 bits per heavy atom. The van der Waals surface area contributed by atoms with Gasteiger partial charge in [-0.3, -0.25) is 4.68 Å². The minimum Gasteiger partial charge on any atom is -0.382 e. The van der Waals surface area contributed by atoms with E-state index in [0.717, 1.165) is 18.4 Å². The molecule has 4 heterocycles. The first-order valence-electron chi connectivity index (χ1n) is 11.7. The summed E-state index contributed by atoms with van der Waals surface area (Å²) in [7, 11) is 0. The van der Waals surface area contributed by atoms with E-state index in [-0.39, 0.29) is 34.6 Å². The summed E-state index contributed by atoms with van der Waals surface area (Å²) in [6, 6.07) is 4.84. The van der Waals surface area contributed by atoms with Crippen LogP contribution in [0.5, 0.6) is 0 Å². The van der Waals surface area contributed by atoms with E-state index in [1.807, 2.05) is 24.7 Å². The zero-order chi connectivity index (χ0) is 24.3. The zero-order valence-electron chi connectivity index (χ0n) is 19.4. The molecule has 0 amide bonds. The Morgan fingerprint density at radius 3 is 2.71 bits per heavy atom. The largest absolute Gasteiger partial charge is 0.382 e. The second kappa shape index (κ2) is 8.29. The summed E-state index contributed by atoms with van der Waals surface area (Å²) in [6.07, 6.45) is 6.23. The Morgan fingerprint density at radius 1 is 1.14 bits per heavy atom. The first kappa shape index (κ1) is 22.5. The Hall–Kier alpha value is -3.01. The molecule has 0 radical (unpaired) electrons. The van der Waals surface area contributed by atoms with Gasteiger partial charge in [-0.15, -0.1) is 0 Å². The molecule has 8 nitrogen and oxygen atoms in total. The van der Waals surface area contributed by atoms with Crippen LogP contribution < -0.4 is 0 Å². The summed E-state index contributed by atoms with van der Waals surface area (Å²) in [4.78, 5) is 18.5. The molecule has 1 N–H and O–H groups in total. The molecule has 10 heteroatoms. The molecule has 35 heavy (non-hydrogen) atoms. The molecule has 6 rings (SSSR count). The highest BCUT2D eigenvalue weighted by molar-refractivity contribution is 6.30. The molecule has 1 aliphatic carbocycles. The van der Waals surface area contributed by atoms with Crippen molar-refractivity contribution in [2.75, 3.05) is 6.61 Å². The Kier molecular flexibility index (Phi) is 5.32. The lowest BCUT2D eigenvalue weighted by Crippen LogP contribution is -2.37. The van der Waals surface area contributed by atoms with Gasteiger partial charge < -0.3 is 9.84 Å². The van der Waals surface area contributed by atoms with Crippen LogP contribution in [0.15, 0.2) is 30.6 Å². The molecule has 2 atom stereocenters. The lowest BCUT2D eigenvalue weighted by Gasteiger charge is -2.35. The van der Waals surface area contributed by atoms with Gasteiger partial charge in [0.1, 0.15) is 22.6 Å². The number of rotatable bonds is 4. The van der Waals surface area contributed by atoms with Crippen LogP contribution in [-0.4, -0.2) is 41.4 Å². The smallest absolute Gasteiger partial charge is 0.182 e. The lowest BCUT2D eigenvalue weighted by atomic mass is 9.87. The summed E-state index contributed by atoms with van der Waals surface area (Å²) < 4.78 is 22.9. The van der Waals surface area contributed by atoms with Gasteiger partial charge >= 0.3 is 0 Å². The van der Waals surface area contributed by atoms with Crippen LogP contribution in [0.3, 0.4) is 0 Å². The van der Waals surface area contributed by atoms with E-state index in [9.17, 15) is 9.50 Å². The molecule has 1 saturated carbocycles. The highest BCUT2D eigenvalue weighted by Gasteiger charge is 2.41. The average Bonchev–Trinajstić information content (AvgIpc) is 3.56. The van der Waals surface area contributed by atoms with Crippen molar-refractivity contribution in [2.24, 2.45) is 0 Å². The number of hydrogen-bond acceptors (Lipinski definition) is 7. The second-order valence-corrected chi connectivity index (χ2v) is 9.85. The molecule has 0 bridgehead atoms. The topological polar surface area (TPSA) is 98.8 Å². The van der Waals surface area contributed by atoms with Crippen LogP contribution >= 0.6 is 11.6 Å². The van der Waals surface area contributed by atoms with E-state index in [2.05, 4.69) is 25.0 Å². The summed E-state index contributed by atoms with van der Waals surface area (Å²) in [6.45, 7) is 3.99. The number of hydrogen-bond donors (Lipinski definition) is 1. The van der Waals surface area contributed by atoms with Gasteiger partial charge in [-0.1, -0.05) is 11.6 Å². The van der Waals surface area contributed by atoms with Crippen LogP contribution in [0.4, 0.5) is 4.39 Å². The number of aromatic nitrogens is 6. The Labute approximate surface area is 206 Å². The van der Waals surface area contributed by atoms with Gasteiger partial charge in [0.05, 0.1) is 36.3 Å². The van der Waals surface area contributed by atoms with Crippen molar-refractivity contribution in [3.05, 3.63) is 64.2 Å². The van der Waals surface area contributed by atoms with E-state index in [4.69, 9.17) is 16.3 Å². The molecular weight excluding hydrogens is 471 g/mol. The van der Waals surface area contributed by atoms with Crippen molar-refractivity contribution in [1.29, 1.82) is 0 Å². The van der Waals surface area contributed by atoms with E-state index in [1.54, 1.807) is 18.3 Å². The van der Waals surface area contributed by atoms with Crippen LogP contribution in [0.25, 0.3) is 22.4 Å². The average molecular weight is 495 g/mol. The van der Waals surface area contributed by atoms with Crippen LogP contribution in [0, 0.1) is 19.7 Å². The van der Waals surface area contributed by atoms with Crippen molar-refractivity contribution < 1.29 is 14.2 Å². The highest BCUT2D eigenvalue weighted by atomic mass is 35.5. The predicted octanol–water partition coefficient (Wildman–Crippen LogP) is 4.77. The highest BCUT2D eigenvalue weighted by Crippen LogP contribution is 2.42. The third kappa shape index (κ3) is 4.07. The van der Waals surface area contributed by atoms with E-state index in [0.29, 0.717) is 41.6 Å². The third-order valence-corrected chi connectivity index (χ3v) is 7.05. The monoisotopic (exact) mass is 494 g/mol. The zero-order valence-corrected chi connectivity index (χ0v) is 20.1. The quantitative estimate of drug-likeness (QED) is 0.436. The van der Waals surface area contributed by atoms with Gasteiger partial charge in [-0.25, -0.2) is 24.3 Å². The van der Waals surface area contributed by atoms with E-state index in [1.165, 1.54) is 6.07 Å². The van der Waals surface area contributed by atoms with Crippen LogP contribution in [0.2, 0.25) is 5.02 Å². The standard InChI is InChI=1S/C25H24ClFN6O2/c1-13-14(2)30-23-22(29-13)21(18-6-3-16(26)9-19(18)27)31-24(32-23)25(34)7-8-35-20(10-25)15-11-28-33(12-15)17-4-5-17/h3,6,9,11-12,17,20,34H,4-5,7-8,10H2,1-2H3. The maximum absolute atomic E-state index is 15.0. The summed E-state index contributed by atoms with van der Waals surface area (Å²) in [5.74, 6) is -0.359. The van der Waals surface area contributed by atoms with E-state index < -0.39 is 11.4 Å². The maximum Gasteiger partial charge on any atom is 0.182 e. The first-order valence-corrected chi connectivity index (χ1v) is 12.1. The van der Waals surface area contributed by atoms with Crippen molar-refractivity contribution >= 4 is 22.8 Å². The van der Waals surface area contributed by atoms with Gasteiger partial charge in [0, 0.05) is 35.2 Å². The first-order chi connectivity index (χ1) is 16.8. The minimum atomic E-state index is -1.39. The molecule has 2 aliphatic rings. The van der Waals surface area contributed by atoms with Crippen molar-refractivity contribution in [1.82, 2.24) is 29.7 Å². The molecule has 2 unspecified atom stereocenters. The molecular formula is C25H24ClFN6O2. The summed E-state index contributed by atoms with van der Waals surface area (Å²) in [5, 5.41) is 16.5. The summed E-state index contributed by atoms with van der Waals surface area (Å²) >= 11 is 5.98. The van der Waals surface area contributed by atoms with Gasteiger partial charge in [0.2, 0.25) is 0 Å². The van der Waals surface area contributed by atoms with Crippen molar-refractivity contribution in [3.63, 3.8) is 0 Å². The fourth-order valence-electron chi connectivity index (χ4n) is 4.50. The Bertz CT molecular complexity index is 1460. The molecule has 1 aromatic carbocycles. The predicted molar refractivity (Wildman–Crippen MR) is 127 cm³/mol. The van der Waals surface area contributed by atoms with Gasteiger partial charge in [-0.2, -0.15) is 5.10 Å². The number of aliphatic hydroxyl groups is 1. The molecule has 180 valence electrons. The molecule has 2 fully saturated rings. The lowest BCUT2D eigenvalue weighted by molar-refractivity contribution is -0.114. The number of halogens is 2. The van der Waals surface area contributed by atoms with Crippen molar-refractivity contribution in [3.8, 4) is 11.3 Å². The fraction of sp³-hybridized carbons (Fsp3) is 0.400. The molecule has 1 saturated heterocycles. The second-order valence-electron chi connectivity index (χ2n) is 9.42. The molecule has 0 spiro atoms. The van der Waals surface area contributed by atoms with Crippen molar-refractivity contribution in [2.45, 2.75) is 57.3 Å². The molecule has 1 aliphatic heterocycles. The minimum absolute atomic E-state index is 0.176. The van der Waals surface area contributed by atoms with Crippen LogP contribution in [-0.2, 0) is 10.3 Å². The summed E-state index contributed by atoms with van der Waals surface area (Å²) in [5.41, 5.74) is 2.08. The van der Waals surface area contributed by atoms with Crippen LogP contribution in [0.1, 0.15) is 60.6 Å². The van der Waals surface area contributed by atoms with Gasteiger partial charge in [0.25, 0.3) is 0 Å². The third-order valence-electron chi connectivity index (χ3n) is 6.82. The van der Waals surface area contributed by atoms with Gasteiger partial charge in [-0.05, 0) is 44.9 Å². The molecule has 3 aromatic heterocycles. The number of nitrogens with zero attached hydrogens (tertiary/aromatic N) is 6. The normalized spacial score (nSPS) is 22.6.